The van der Waals surface area contributed by atoms with Crippen molar-refractivity contribution in [2.75, 3.05) is 17.1 Å². The van der Waals surface area contributed by atoms with Crippen LogP contribution >= 0.6 is 46.4 Å². The molecule has 2 amide bonds. The van der Waals surface area contributed by atoms with Crippen LogP contribution in [0.15, 0.2) is 36.4 Å². The number of nitrogens with one attached hydrogen (secondary N) is 1. The molecule has 0 saturated carbocycles. The second-order valence-corrected chi connectivity index (χ2v) is 12.6. The van der Waals surface area contributed by atoms with Gasteiger partial charge in [-0.1, -0.05) is 66.3 Å². The van der Waals surface area contributed by atoms with Gasteiger partial charge in [0.05, 0.1) is 17.0 Å². The van der Waals surface area contributed by atoms with Crippen molar-refractivity contribution in [2.45, 2.75) is 65.1 Å². The maximum absolute atomic E-state index is 13.6. The van der Waals surface area contributed by atoms with Crippen LogP contribution in [0.25, 0.3) is 0 Å². The van der Waals surface area contributed by atoms with Crippen LogP contribution in [0.5, 0.6) is 0 Å². The third-order valence-electron chi connectivity index (χ3n) is 6.11. The summed E-state index contributed by atoms with van der Waals surface area (Å²) in [4.78, 5) is 28.2. The van der Waals surface area contributed by atoms with E-state index in [9.17, 15) is 18.0 Å². The van der Waals surface area contributed by atoms with E-state index in [0.717, 1.165) is 17.0 Å². The average molecular weight is 625 g/mol. The number of rotatable bonds is 13. The smallest absolute Gasteiger partial charge is 0.243 e. The lowest BCUT2D eigenvalue weighted by atomic mass is 10.1. The van der Waals surface area contributed by atoms with Crippen molar-refractivity contribution in [3.8, 4) is 0 Å². The number of anilines is 1. The Balaban J connectivity index is 2.32. The SMILES string of the molecule is CC[C@@H](C)NC(=O)[C@@H](CC)N(Cc1c(Cl)cccc1Cl)C(=O)CCCN(c1cc(Cl)ccc1Cl)S(C)(=O)=O. The van der Waals surface area contributed by atoms with E-state index in [1.54, 1.807) is 24.3 Å². The molecule has 0 saturated heterocycles. The zero-order valence-corrected chi connectivity index (χ0v) is 25.6. The molecule has 2 atom stereocenters. The molecule has 0 fully saturated rings. The molecule has 2 aromatic rings. The van der Waals surface area contributed by atoms with Crippen LogP contribution in [0.2, 0.25) is 20.1 Å². The van der Waals surface area contributed by atoms with Gasteiger partial charge in [0.25, 0.3) is 0 Å². The van der Waals surface area contributed by atoms with E-state index in [4.69, 9.17) is 46.4 Å². The number of nitrogens with zero attached hydrogens (tertiary/aromatic N) is 2. The first-order chi connectivity index (χ1) is 17.8. The van der Waals surface area contributed by atoms with Gasteiger partial charge in [-0.25, -0.2) is 8.42 Å². The predicted molar refractivity (Wildman–Crippen MR) is 157 cm³/mol. The van der Waals surface area contributed by atoms with E-state index in [1.807, 2.05) is 20.8 Å². The number of hydrogen-bond donors (Lipinski definition) is 1. The minimum absolute atomic E-state index is 0.0127. The first-order valence-corrected chi connectivity index (χ1v) is 15.6. The standard InChI is InChI=1S/C26H33Cl4N3O4S/c1-5-17(3)31-26(35)23(6-2)32(16-19-20(28)9-7-10-21(19)29)25(34)11-8-14-33(38(4,36)37)24-15-18(27)12-13-22(24)30/h7,9-10,12-13,15,17,23H,5-6,8,11,14,16H2,1-4H3,(H,31,35)/t17-,23-/m1/s1. The largest absolute Gasteiger partial charge is 0.352 e. The van der Waals surface area contributed by atoms with Gasteiger partial charge in [-0.3, -0.25) is 13.9 Å². The van der Waals surface area contributed by atoms with Gasteiger partial charge in [0, 0.05) is 46.2 Å². The molecule has 210 valence electrons. The van der Waals surface area contributed by atoms with Gasteiger partial charge in [0.1, 0.15) is 6.04 Å². The Labute approximate surface area is 245 Å². The maximum Gasteiger partial charge on any atom is 0.243 e. The number of carbonyl (C=O) groups excluding carboxylic acids is 2. The van der Waals surface area contributed by atoms with Crippen LogP contribution in [0, 0.1) is 0 Å². The summed E-state index contributed by atoms with van der Waals surface area (Å²) in [7, 11) is -3.72. The van der Waals surface area contributed by atoms with Crippen molar-refractivity contribution in [1.29, 1.82) is 0 Å². The molecular weight excluding hydrogens is 592 g/mol. The Morgan fingerprint density at radius 3 is 2.16 bits per heavy atom. The summed E-state index contributed by atoms with van der Waals surface area (Å²) in [5.74, 6) is -0.611. The third-order valence-corrected chi connectivity index (χ3v) is 8.55. The minimum atomic E-state index is -3.72. The van der Waals surface area contributed by atoms with Crippen LogP contribution < -0.4 is 9.62 Å². The maximum atomic E-state index is 13.6. The van der Waals surface area contributed by atoms with E-state index in [0.29, 0.717) is 27.1 Å². The molecule has 7 nitrogen and oxygen atoms in total. The number of carbonyl (C=O) groups is 2. The molecule has 12 heteroatoms. The molecule has 0 spiro atoms. The highest BCUT2D eigenvalue weighted by atomic mass is 35.5. The molecule has 2 rings (SSSR count). The summed E-state index contributed by atoms with van der Waals surface area (Å²) in [5.41, 5.74) is 0.760. The third kappa shape index (κ3) is 8.91. The minimum Gasteiger partial charge on any atom is -0.352 e. The molecular formula is C26H33Cl4N3O4S. The summed E-state index contributed by atoms with van der Waals surface area (Å²) in [6.45, 7) is 5.68. The highest BCUT2D eigenvalue weighted by Crippen LogP contribution is 2.31. The normalized spacial score (nSPS) is 13.1. The van der Waals surface area contributed by atoms with Gasteiger partial charge in [-0.05, 0) is 56.5 Å². The zero-order valence-electron chi connectivity index (χ0n) is 21.8. The Hall–Kier alpha value is -1.71. The summed E-state index contributed by atoms with van der Waals surface area (Å²) in [5, 5.41) is 4.25. The van der Waals surface area contributed by atoms with E-state index >= 15 is 0 Å². The Morgan fingerprint density at radius 1 is 0.974 bits per heavy atom. The van der Waals surface area contributed by atoms with E-state index in [2.05, 4.69) is 5.32 Å². The topological polar surface area (TPSA) is 86.8 Å². The Bertz CT molecular complexity index is 1220. The number of benzene rings is 2. The molecule has 2 aromatic carbocycles. The molecule has 0 bridgehead atoms. The quantitative estimate of drug-likeness (QED) is 0.273. The molecule has 0 aliphatic rings. The predicted octanol–water partition coefficient (Wildman–Crippen LogP) is 6.57. The molecule has 0 unspecified atom stereocenters. The summed E-state index contributed by atoms with van der Waals surface area (Å²) in [6.07, 6.45) is 2.30. The fourth-order valence-electron chi connectivity index (χ4n) is 3.87. The summed E-state index contributed by atoms with van der Waals surface area (Å²) in [6, 6.07) is 8.75. The van der Waals surface area contributed by atoms with Gasteiger partial charge in [0.15, 0.2) is 0 Å². The van der Waals surface area contributed by atoms with Crippen molar-refractivity contribution in [3.05, 3.63) is 62.1 Å². The molecule has 0 radical (unpaired) electrons. The lowest BCUT2D eigenvalue weighted by Crippen LogP contribution is -2.50. The van der Waals surface area contributed by atoms with E-state index < -0.39 is 16.1 Å². The van der Waals surface area contributed by atoms with E-state index in [1.165, 1.54) is 17.0 Å². The lowest BCUT2D eigenvalue weighted by molar-refractivity contribution is -0.141. The summed E-state index contributed by atoms with van der Waals surface area (Å²) >= 11 is 25.1. The fraction of sp³-hybridized carbons (Fsp3) is 0.462. The van der Waals surface area contributed by atoms with Gasteiger partial charge in [-0.15, -0.1) is 0 Å². The Morgan fingerprint density at radius 2 is 1.61 bits per heavy atom. The van der Waals surface area contributed by atoms with Crippen molar-refractivity contribution < 1.29 is 18.0 Å². The highest BCUT2D eigenvalue weighted by molar-refractivity contribution is 7.92. The number of sulfonamides is 1. The van der Waals surface area contributed by atoms with Gasteiger partial charge < -0.3 is 10.2 Å². The van der Waals surface area contributed by atoms with Crippen molar-refractivity contribution >= 4 is 73.9 Å². The lowest BCUT2D eigenvalue weighted by Gasteiger charge is -2.32. The fourth-order valence-corrected chi connectivity index (χ4v) is 5.80. The van der Waals surface area contributed by atoms with Crippen molar-refractivity contribution in [1.82, 2.24) is 10.2 Å². The van der Waals surface area contributed by atoms with Crippen LogP contribution in [0.1, 0.15) is 52.0 Å². The molecule has 0 aliphatic carbocycles. The molecule has 38 heavy (non-hydrogen) atoms. The second kappa shape index (κ2) is 14.6. The monoisotopic (exact) mass is 623 g/mol. The summed E-state index contributed by atoms with van der Waals surface area (Å²) < 4.78 is 26.2. The van der Waals surface area contributed by atoms with Crippen LogP contribution in [-0.2, 0) is 26.2 Å². The number of halogens is 4. The number of hydrogen-bond acceptors (Lipinski definition) is 4. The van der Waals surface area contributed by atoms with Crippen LogP contribution in [0.4, 0.5) is 5.69 Å². The Kier molecular flexibility index (Phi) is 12.5. The first-order valence-electron chi connectivity index (χ1n) is 12.3. The first kappa shape index (κ1) is 32.5. The zero-order chi connectivity index (χ0) is 28.6. The van der Waals surface area contributed by atoms with Gasteiger partial charge in [0.2, 0.25) is 21.8 Å². The van der Waals surface area contributed by atoms with Gasteiger partial charge in [-0.2, -0.15) is 0 Å². The van der Waals surface area contributed by atoms with Crippen molar-refractivity contribution in [3.63, 3.8) is 0 Å². The van der Waals surface area contributed by atoms with Crippen molar-refractivity contribution in [2.24, 2.45) is 0 Å². The number of amides is 2. The molecule has 0 heterocycles. The van der Waals surface area contributed by atoms with E-state index in [-0.39, 0.29) is 54.5 Å². The second-order valence-electron chi connectivity index (χ2n) is 9.00. The molecule has 1 N–H and O–H groups in total. The highest BCUT2D eigenvalue weighted by Gasteiger charge is 2.30. The van der Waals surface area contributed by atoms with Crippen LogP contribution in [0.3, 0.4) is 0 Å². The average Bonchev–Trinajstić information content (AvgIpc) is 2.84. The van der Waals surface area contributed by atoms with Crippen LogP contribution in [-0.4, -0.2) is 50.0 Å². The van der Waals surface area contributed by atoms with Gasteiger partial charge >= 0.3 is 0 Å². The molecule has 0 aromatic heterocycles. The molecule has 0 aliphatic heterocycles.